The normalized spacial score (nSPS) is 16.9. The molecule has 1 aliphatic heterocycles. The quantitative estimate of drug-likeness (QED) is 0.687. The molecule has 2 heterocycles. The van der Waals surface area contributed by atoms with E-state index in [9.17, 15) is 13.2 Å². The summed E-state index contributed by atoms with van der Waals surface area (Å²) in [5, 5.41) is 2.81. The number of rotatable bonds is 8. The summed E-state index contributed by atoms with van der Waals surface area (Å²) in [5.41, 5.74) is 5.76. The van der Waals surface area contributed by atoms with E-state index in [1.807, 2.05) is 13.0 Å². The third kappa shape index (κ3) is 6.21. The van der Waals surface area contributed by atoms with Crippen LogP contribution in [0.15, 0.2) is 16.3 Å². The molecular weight excluding hydrogens is 382 g/mol. The zero-order chi connectivity index (χ0) is 17.6. The minimum atomic E-state index is -3.36. The van der Waals surface area contributed by atoms with Crippen LogP contribution in [0, 0.1) is 0 Å². The smallest absolute Gasteiger partial charge is 0.252 e. The van der Waals surface area contributed by atoms with E-state index >= 15 is 0 Å². The highest BCUT2D eigenvalue weighted by molar-refractivity contribution is 7.91. The molecule has 0 aromatic carbocycles. The summed E-state index contributed by atoms with van der Waals surface area (Å²) in [6.45, 7) is 3.69. The van der Waals surface area contributed by atoms with Crippen molar-refractivity contribution in [1.29, 1.82) is 0 Å². The predicted octanol–water partition coefficient (Wildman–Crippen LogP) is 2.13. The number of carbonyl (C=O) groups excluding carboxylic acids is 1. The Morgan fingerprint density at radius 1 is 1.32 bits per heavy atom. The zero-order valence-corrected chi connectivity index (χ0v) is 17.0. The first-order valence-corrected chi connectivity index (χ1v) is 10.8. The summed E-state index contributed by atoms with van der Waals surface area (Å²) in [7, 11) is -3.36. The molecule has 0 aliphatic carbocycles. The molecule has 1 saturated heterocycles. The van der Waals surface area contributed by atoms with Crippen molar-refractivity contribution < 1.29 is 13.2 Å². The van der Waals surface area contributed by atoms with Crippen LogP contribution in [0.4, 0.5) is 0 Å². The monoisotopic (exact) mass is 409 g/mol. The van der Waals surface area contributed by atoms with Crippen molar-refractivity contribution >= 4 is 39.7 Å². The van der Waals surface area contributed by atoms with Gasteiger partial charge in [0.1, 0.15) is 4.21 Å². The number of thiophene rings is 1. The van der Waals surface area contributed by atoms with E-state index in [1.54, 1.807) is 10.4 Å². The van der Waals surface area contributed by atoms with Gasteiger partial charge >= 0.3 is 0 Å². The van der Waals surface area contributed by atoms with E-state index in [1.165, 1.54) is 11.3 Å². The fourth-order valence-electron chi connectivity index (χ4n) is 2.75. The lowest BCUT2D eigenvalue weighted by Gasteiger charge is -2.25. The molecule has 1 aromatic heterocycles. The lowest BCUT2D eigenvalue weighted by atomic mass is 10.1. The molecule has 1 unspecified atom stereocenters. The number of hydrogen-bond acceptors (Lipinski definition) is 5. The van der Waals surface area contributed by atoms with Crippen LogP contribution in [0.3, 0.4) is 0 Å². The maximum atomic E-state index is 12.6. The van der Waals surface area contributed by atoms with Crippen molar-refractivity contribution in [1.82, 2.24) is 9.62 Å². The average molecular weight is 410 g/mol. The van der Waals surface area contributed by atoms with Crippen LogP contribution in [0.5, 0.6) is 0 Å². The third-order valence-electron chi connectivity index (χ3n) is 4.15. The number of nitrogens with one attached hydrogen (secondary N) is 1. The Morgan fingerprint density at radius 3 is 2.64 bits per heavy atom. The molecule has 0 saturated carbocycles. The Kier molecular flexibility index (Phi) is 9.37. The Morgan fingerprint density at radius 2 is 2.00 bits per heavy atom. The van der Waals surface area contributed by atoms with Crippen LogP contribution < -0.4 is 11.1 Å². The molecule has 9 heteroatoms. The fourth-order valence-corrected chi connectivity index (χ4v) is 5.77. The largest absolute Gasteiger partial charge is 0.354 e. The van der Waals surface area contributed by atoms with Crippen LogP contribution in [-0.2, 0) is 21.2 Å². The molecule has 2 rings (SSSR count). The predicted molar refractivity (Wildman–Crippen MR) is 104 cm³/mol. The highest BCUT2D eigenvalue weighted by Gasteiger charge is 2.27. The molecule has 144 valence electrons. The number of amides is 1. The number of nitrogens with zero attached hydrogens (tertiary/aromatic N) is 1. The van der Waals surface area contributed by atoms with Gasteiger partial charge in [0.15, 0.2) is 0 Å². The van der Waals surface area contributed by atoms with Gasteiger partial charge in [-0.15, -0.1) is 23.7 Å². The number of carbonyl (C=O) groups is 1. The van der Waals surface area contributed by atoms with E-state index < -0.39 is 16.1 Å². The third-order valence-corrected chi connectivity index (χ3v) is 7.66. The maximum absolute atomic E-state index is 12.6. The highest BCUT2D eigenvalue weighted by atomic mass is 35.5. The van der Waals surface area contributed by atoms with Crippen molar-refractivity contribution in [2.24, 2.45) is 5.73 Å². The van der Waals surface area contributed by atoms with Gasteiger partial charge in [0, 0.05) is 24.5 Å². The fraction of sp³-hybridized carbons (Fsp3) is 0.688. The second-order valence-electron chi connectivity index (χ2n) is 6.12. The Hall–Kier alpha value is -0.670. The van der Waals surface area contributed by atoms with E-state index in [-0.39, 0.29) is 18.3 Å². The number of sulfonamides is 1. The first kappa shape index (κ1) is 22.4. The van der Waals surface area contributed by atoms with Gasteiger partial charge in [-0.05, 0) is 37.8 Å². The summed E-state index contributed by atoms with van der Waals surface area (Å²) < 4.78 is 27.2. The summed E-state index contributed by atoms with van der Waals surface area (Å²) in [5.74, 6) is -0.144. The number of piperidine rings is 1. The van der Waals surface area contributed by atoms with Gasteiger partial charge in [0.05, 0.1) is 6.04 Å². The molecule has 1 atom stereocenters. The molecule has 1 aromatic rings. The molecule has 3 N–H and O–H groups in total. The standard InChI is InChI=1S/C16H27N3O3S2.ClH/c1-2-6-14(17)16(20)18-10-9-13-7-8-15(23-13)24(21,22)19-11-4-3-5-12-19;/h7-8,14H,2-6,9-12,17H2,1H3,(H,18,20);1H. The maximum Gasteiger partial charge on any atom is 0.252 e. The van der Waals surface area contributed by atoms with Crippen LogP contribution in [0.25, 0.3) is 0 Å². The van der Waals surface area contributed by atoms with E-state index in [2.05, 4.69) is 5.32 Å². The van der Waals surface area contributed by atoms with E-state index in [0.717, 1.165) is 30.6 Å². The van der Waals surface area contributed by atoms with Gasteiger partial charge in [-0.2, -0.15) is 4.31 Å². The Balaban J connectivity index is 0.00000312. The number of nitrogens with two attached hydrogens (primary N) is 1. The molecule has 0 radical (unpaired) electrons. The lowest BCUT2D eigenvalue weighted by Crippen LogP contribution is -2.41. The molecular formula is C16H28ClN3O3S2. The van der Waals surface area contributed by atoms with Crippen molar-refractivity contribution in [3.63, 3.8) is 0 Å². The minimum Gasteiger partial charge on any atom is -0.354 e. The molecule has 1 aliphatic rings. The van der Waals surface area contributed by atoms with Gasteiger partial charge in [-0.25, -0.2) is 8.42 Å². The van der Waals surface area contributed by atoms with Gasteiger partial charge in [0.25, 0.3) is 10.0 Å². The van der Waals surface area contributed by atoms with Crippen LogP contribution in [-0.4, -0.2) is 44.3 Å². The Bertz CT molecular complexity index is 643. The van der Waals surface area contributed by atoms with Crippen LogP contribution >= 0.6 is 23.7 Å². The van der Waals surface area contributed by atoms with E-state index in [0.29, 0.717) is 36.7 Å². The minimum absolute atomic E-state index is 0. The summed E-state index contributed by atoms with van der Waals surface area (Å²) >= 11 is 1.29. The Labute approximate surface area is 160 Å². The summed E-state index contributed by atoms with van der Waals surface area (Å²) in [6.07, 6.45) is 5.12. The summed E-state index contributed by atoms with van der Waals surface area (Å²) in [4.78, 5) is 12.7. The highest BCUT2D eigenvalue weighted by Crippen LogP contribution is 2.27. The first-order chi connectivity index (χ1) is 11.4. The van der Waals surface area contributed by atoms with Gasteiger partial charge < -0.3 is 11.1 Å². The van der Waals surface area contributed by atoms with Crippen molar-refractivity contribution in [2.45, 2.75) is 55.7 Å². The molecule has 0 spiro atoms. The average Bonchev–Trinajstić information content (AvgIpc) is 3.05. The van der Waals surface area contributed by atoms with Crippen molar-refractivity contribution in [2.75, 3.05) is 19.6 Å². The molecule has 1 amide bonds. The molecule has 25 heavy (non-hydrogen) atoms. The van der Waals surface area contributed by atoms with Gasteiger partial charge in [-0.1, -0.05) is 19.8 Å². The van der Waals surface area contributed by atoms with Crippen LogP contribution in [0.2, 0.25) is 0 Å². The number of halogens is 1. The lowest BCUT2D eigenvalue weighted by molar-refractivity contribution is -0.122. The SMILES string of the molecule is CCCC(N)C(=O)NCCc1ccc(S(=O)(=O)N2CCCCC2)s1.Cl. The number of hydrogen-bond donors (Lipinski definition) is 2. The van der Waals surface area contributed by atoms with Gasteiger partial charge in [0.2, 0.25) is 5.91 Å². The second kappa shape index (κ2) is 10.5. The van der Waals surface area contributed by atoms with Crippen LogP contribution in [0.1, 0.15) is 43.9 Å². The zero-order valence-electron chi connectivity index (χ0n) is 14.6. The molecule has 1 fully saturated rings. The van der Waals surface area contributed by atoms with Crippen molar-refractivity contribution in [3.8, 4) is 0 Å². The second-order valence-corrected chi connectivity index (χ2v) is 9.45. The first-order valence-electron chi connectivity index (χ1n) is 8.57. The van der Waals surface area contributed by atoms with Crippen molar-refractivity contribution in [3.05, 3.63) is 17.0 Å². The molecule has 0 bridgehead atoms. The summed E-state index contributed by atoms with van der Waals surface area (Å²) in [6, 6.07) is 3.04. The van der Waals surface area contributed by atoms with Gasteiger partial charge in [-0.3, -0.25) is 4.79 Å². The van der Waals surface area contributed by atoms with E-state index in [4.69, 9.17) is 5.73 Å². The topological polar surface area (TPSA) is 92.5 Å². The molecule has 6 nitrogen and oxygen atoms in total.